The number of imide groups is 1. The Morgan fingerprint density at radius 2 is 2.14 bits per heavy atom. The third-order valence-corrected chi connectivity index (χ3v) is 4.50. The second-order valence-electron chi connectivity index (χ2n) is 5.97. The van der Waals surface area contributed by atoms with Gasteiger partial charge in [-0.3, -0.25) is 19.3 Å². The van der Waals surface area contributed by atoms with Gasteiger partial charge in [0.25, 0.3) is 11.8 Å². The maximum Gasteiger partial charge on any atom is 0.327 e. The summed E-state index contributed by atoms with van der Waals surface area (Å²) in [5.41, 5.74) is 4.09. The first kappa shape index (κ1) is 16.3. The molecule has 2 fully saturated rings. The molecule has 2 aliphatic rings. The molecule has 8 nitrogen and oxygen atoms in total. The highest BCUT2D eigenvalue weighted by Gasteiger charge is 2.55. The normalized spacial score (nSPS) is 29.4. The quantitative estimate of drug-likeness (QED) is 0.555. The summed E-state index contributed by atoms with van der Waals surface area (Å²) in [5.74, 6) is -2.00. The molecule has 1 aliphatic heterocycles. The molecule has 122 valence electrons. The van der Waals surface area contributed by atoms with E-state index in [9.17, 15) is 19.2 Å². The van der Waals surface area contributed by atoms with E-state index in [0.717, 1.165) is 24.2 Å². The van der Waals surface area contributed by atoms with E-state index >= 15 is 0 Å². The van der Waals surface area contributed by atoms with Gasteiger partial charge in [0.1, 0.15) is 12.1 Å². The molecule has 2 rings (SSSR count). The van der Waals surface area contributed by atoms with E-state index in [1.807, 2.05) is 6.92 Å². The van der Waals surface area contributed by atoms with Gasteiger partial charge < -0.3 is 15.8 Å². The standard InChI is InChI=1S/C14H21N3O5/c1-8-5-3-4-6-14(8)12(20)17(13(21)16-14)7-10(18)22-9(2)11(15)19/h8-9H,3-7H2,1-2H3,(H2,15,19)(H,16,21)/t8-,9+,14+/m0/s1. The predicted octanol–water partition coefficient (Wildman–Crippen LogP) is -0.0959. The van der Waals surface area contributed by atoms with Crippen molar-refractivity contribution in [3.63, 3.8) is 0 Å². The Hall–Kier alpha value is -2.12. The van der Waals surface area contributed by atoms with Crippen LogP contribution < -0.4 is 11.1 Å². The van der Waals surface area contributed by atoms with Gasteiger partial charge >= 0.3 is 12.0 Å². The van der Waals surface area contributed by atoms with Crippen LogP contribution in [0.15, 0.2) is 0 Å². The summed E-state index contributed by atoms with van der Waals surface area (Å²) in [6.45, 7) is 2.74. The Kier molecular flexibility index (Phi) is 4.39. The molecule has 3 N–H and O–H groups in total. The zero-order valence-corrected chi connectivity index (χ0v) is 12.8. The lowest BCUT2D eigenvalue weighted by Crippen LogP contribution is -2.54. The fraction of sp³-hybridized carbons (Fsp3) is 0.714. The molecule has 22 heavy (non-hydrogen) atoms. The molecule has 0 aromatic heterocycles. The summed E-state index contributed by atoms with van der Waals surface area (Å²) in [7, 11) is 0. The number of urea groups is 1. The average Bonchev–Trinajstić information content (AvgIpc) is 2.67. The van der Waals surface area contributed by atoms with Crippen LogP contribution >= 0.6 is 0 Å². The molecule has 8 heteroatoms. The summed E-state index contributed by atoms with van der Waals surface area (Å²) >= 11 is 0. The van der Waals surface area contributed by atoms with Gasteiger partial charge in [0.15, 0.2) is 6.10 Å². The lowest BCUT2D eigenvalue weighted by Gasteiger charge is -2.36. The SMILES string of the molecule is C[C@@H](OC(=O)CN1C(=O)N[C@@]2(CCCC[C@@H]2C)C1=O)C(N)=O. The van der Waals surface area contributed by atoms with Gasteiger partial charge in [0, 0.05) is 0 Å². The molecule has 1 aliphatic carbocycles. The van der Waals surface area contributed by atoms with Crippen molar-refractivity contribution < 1.29 is 23.9 Å². The molecule has 4 amide bonds. The minimum absolute atomic E-state index is 0.0169. The van der Waals surface area contributed by atoms with Gasteiger partial charge in [0.2, 0.25) is 0 Å². The number of nitrogens with two attached hydrogens (primary N) is 1. The van der Waals surface area contributed by atoms with Crippen molar-refractivity contribution in [1.82, 2.24) is 10.2 Å². The second-order valence-corrected chi connectivity index (χ2v) is 5.97. The molecule has 0 aromatic carbocycles. The number of hydrogen-bond acceptors (Lipinski definition) is 5. The summed E-state index contributed by atoms with van der Waals surface area (Å²) < 4.78 is 4.79. The van der Waals surface area contributed by atoms with Gasteiger partial charge in [-0.1, -0.05) is 19.8 Å². The Morgan fingerprint density at radius 3 is 2.73 bits per heavy atom. The highest BCUT2D eigenvalue weighted by molar-refractivity contribution is 6.09. The van der Waals surface area contributed by atoms with Crippen LogP contribution in [0.5, 0.6) is 0 Å². The number of carbonyl (C=O) groups is 4. The van der Waals surface area contributed by atoms with E-state index in [1.165, 1.54) is 6.92 Å². The molecule has 1 saturated heterocycles. The first-order valence-corrected chi connectivity index (χ1v) is 7.41. The number of ether oxygens (including phenoxy) is 1. The summed E-state index contributed by atoms with van der Waals surface area (Å²) in [5, 5.41) is 2.74. The van der Waals surface area contributed by atoms with Crippen molar-refractivity contribution in [2.24, 2.45) is 11.7 Å². The van der Waals surface area contributed by atoms with Crippen molar-refractivity contribution in [3.8, 4) is 0 Å². The van der Waals surface area contributed by atoms with Gasteiger partial charge in [-0.2, -0.15) is 0 Å². The van der Waals surface area contributed by atoms with Gasteiger partial charge in [0.05, 0.1) is 0 Å². The van der Waals surface area contributed by atoms with Crippen molar-refractivity contribution in [2.45, 2.75) is 51.2 Å². The first-order valence-electron chi connectivity index (χ1n) is 7.41. The van der Waals surface area contributed by atoms with Crippen LogP contribution in [0.25, 0.3) is 0 Å². The van der Waals surface area contributed by atoms with E-state index in [2.05, 4.69) is 5.32 Å². The van der Waals surface area contributed by atoms with E-state index in [0.29, 0.717) is 6.42 Å². The third-order valence-electron chi connectivity index (χ3n) is 4.50. The molecule has 3 atom stereocenters. The zero-order chi connectivity index (χ0) is 16.5. The van der Waals surface area contributed by atoms with E-state index < -0.39 is 42.0 Å². The molecule has 1 saturated carbocycles. The predicted molar refractivity (Wildman–Crippen MR) is 75.4 cm³/mol. The summed E-state index contributed by atoms with van der Waals surface area (Å²) in [6.07, 6.45) is 2.19. The fourth-order valence-corrected chi connectivity index (χ4v) is 3.06. The van der Waals surface area contributed by atoms with Gasteiger partial charge in [-0.25, -0.2) is 4.79 Å². The number of amides is 4. The zero-order valence-electron chi connectivity index (χ0n) is 12.8. The molecule has 1 spiro atoms. The Balaban J connectivity index is 2.06. The molecule has 1 heterocycles. The van der Waals surface area contributed by atoms with Crippen molar-refractivity contribution in [3.05, 3.63) is 0 Å². The minimum Gasteiger partial charge on any atom is -0.451 e. The maximum atomic E-state index is 12.6. The lowest BCUT2D eigenvalue weighted by atomic mass is 9.73. The third kappa shape index (κ3) is 2.77. The Bertz CT molecular complexity index is 521. The van der Waals surface area contributed by atoms with Crippen molar-refractivity contribution in [2.75, 3.05) is 6.54 Å². The molecular weight excluding hydrogens is 290 g/mol. The first-order chi connectivity index (χ1) is 10.3. The highest BCUT2D eigenvalue weighted by Crippen LogP contribution is 2.38. The number of hydrogen-bond donors (Lipinski definition) is 2. The second kappa shape index (κ2) is 5.94. The van der Waals surface area contributed by atoms with Crippen LogP contribution in [-0.2, 0) is 19.1 Å². The van der Waals surface area contributed by atoms with Crippen LogP contribution in [0.4, 0.5) is 4.79 Å². The Labute approximate surface area is 128 Å². The number of primary amides is 1. The highest BCUT2D eigenvalue weighted by atomic mass is 16.5. The van der Waals surface area contributed by atoms with Crippen molar-refractivity contribution in [1.29, 1.82) is 0 Å². The molecule has 0 radical (unpaired) electrons. The van der Waals surface area contributed by atoms with Crippen LogP contribution in [0, 0.1) is 5.92 Å². The van der Waals surface area contributed by atoms with Crippen LogP contribution in [-0.4, -0.2) is 46.9 Å². The molecule has 0 unspecified atom stereocenters. The lowest BCUT2D eigenvalue weighted by molar-refractivity contribution is -0.156. The topological polar surface area (TPSA) is 119 Å². The fourth-order valence-electron chi connectivity index (χ4n) is 3.06. The summed E-state index contributed by atoms with van der Waals surface area (Å²) in [4.78, 5) is 48.1. The van der Waals surface area contributed by atoms with E-state index in [4.69, 9.17) is 10.5 Å². The van der Waals surface area contributed by atoms with Crippen LogP contribution in [0.3, 0.4) is 0 Å². The number of esters is 1. The largest absolute Gasteiger partial charge is 0.451 e. The smallest absolute Gasteiger partial charge is 0.327 e. The van der Waals surface area contributed by atoms with Crippen LogP contribution in [0.1, 0.15) is 39.5 Å². The molecule has 0 bridgehead atoms. The van der Waals surface area contributed by atoms with Gasteiger partial charge in [-0.05, 0) is 25.7 Å². The minimum atomic E-state index is -1.10. The van der Waals surface area contributed by atoms with E-state index in [1.54, 1.807) is 0 Å². The van der Waals surface area contributed by atoms with Gasteiger partial charge in [-0.15, -0.1) is 0 Å². The number of rotatable bonds is 4. The average molecular weight is 311 g/mol. The van der Waals surface area contributed by atoms with Crippen molar-refractivity contribution >= 4 is 23.8 Å². The Morgan fingerprint density at radius 1 is 1.45 bits per heavy atom. The molecule has 0 aromatic rings. The monoisotopic (exact) mass is 311 g/mol. The number of nitrogens with one attached hydrogen (secondary N) is 1. The molecular formula is C14H21N3O5. The number of carbonyl (C=O) groups excluding carboxylic acids is 4. The number of nitrogens with zero attached hydrogens (tertiary/aromatic N) is 1. The maximum absolute atomic E-state index is 12.6. The summed E-state index contributed by atoms with van der Waals surface area (Å²) in [6, 6.07) is -0.595. The van der Waals surface area contributed by atoms with Crippen LogP contribution in [0.2, 0.25) is 0 Å². The van der Waals surface area contributed by atoms with E-state index in [-0.39, 0.29) is 5.92 Å².